The number of nitrogens with zero attached hydrogens (tertiary/aromatic N) is 2. The van der Waals surface area contributed by atoms with Crippen molar-refractivity contribution in [1.82, 2.24) is 9.88 Å². The van der Waals surface area contributed by atoms with Crippen molar-refractivity contribution in [2.45, 2.75) is 86.3 Å². The van der Waals surface area contributed by atoms with Crippen LogP contribution in [0.1, 0.15) is 85.6 Å². The van der Waals surface area contributed by atoms with E-state index in [0.717, 1.165) is 0 Å². The largest absolute Gasteiger partial charge is 0.481 e. The van der Waals surface area contributed by atoms with Crippen LogP contribution in [0.2, 0.25) is 5.15 Å². The second kappa shape index (κ2) is 9.26. The molecule has 0 radical (unpaired) electrons. The lowest BCUT2D eigenvalue weighted by Gasteiger charge is -2.64. The van der Waals surface area contributed by atoms with Crippen molar-refractivity contribution < 1.29 is 29.3 Å². The van der Waals surface area contributed by atoms with Gasteiger partial charge in [0.1, 0.15) is 5.15 Å². The molecular weight excluding hydrogens is 463 g/mol. The molecule has 0 spiro atoms. The van der Waals surface area contributed by atoms with Crippen LogP contribution in [0.3, 0.4) is 0 Å². The van der Waals surface area contributed by atoms with Crippen molar-refractivity contribution in [2.75, 3.05) is 6.54 Å². The second-order valence-electron chi connectivity index (χ2n) is 11.7. The molecule has 0 bridgehead atoms. The summed E-state index contributed by atoms with van der Waals surface area (Å²) < 4.78 is 15.6. The lowest BCUT2D eigenvalue weighted by molar-refractivity contribution is -0.188. The van der Waals surface area contributed by atoms with Crippen molar-refractivity contribution in [2.24, 2.45) is 22.2 Å². The summed E-state index contributed by atoms with van der Waals surface area (Å²) in [5.41, 5.74) is -4.10. The Morgan fingerprint density at radius 1 is 1.26 bits per heavy atom. The molecule has 1 aromatic rings. The van der Waals surface area contributed by atoms with Gasteiger partial charge in [0.15, 0.2) is 5.82 Å². The zero-order valence-electron chi connectivity index (χ0n) is 21.4. The molecule has 0 saturated carbocycles. The number of carbonyl (C=O) groups is 2. The third-order valence-electron chi connectivity index (χ3n) is 7.75. The number of amides is 1. The van der Waals surface area contributed by atoms with Crippen LogP contribution >= 0.6 is 11.6 Å². The molecule has 2 heterocycles. The molecule has 1 saturated heterocycles. The van der Waals surface area contributed by atoms with Crippen molar-refractivity contribution in [3.05, 3.63) is 28.3 Å². The molecule has 9 heteroatoms. The lowest BCUT2D eigenvalue weighted by Crippen LogP contribution is -2.72. The fraction of sp³-hybridized carbons (Fsp3) is 0.720. The molecule has 1 aliphatic heterocycles. The Hall–Kier alpha value is -1.93. The number of aliphatic hydroxyl groups is 1. The highest BCUT2D eigenvalue weighted by atomic mass is 35.5. The molecule has 192 valence electrons. The predicted molar refractivity (Wildman–Crippen MR) is 128 cm³/mol. The Bertz CT molecular complexity index is 958. The number of hydrogen-bond donors (Lipinski definition) is 3. The first kappa shape index (κ1) is 28.3. The third kappa shape index (κ3) is 4.63. The number of hydrogen-bond acceptors (Lipinski definition) is 4. The van der Waals surface area contributed by atoms with E-state index in [1.54, 1.807) is 13.8 Å². The molecule has 7 nitrogen and oxygen atoms in total. The maximum atomic E-state index is 15.6. The fourth-order valence-electron chi connectivity index (χ4n) is 6.13. The summed E-state index contributed by atoms with van der Waals surface area (Å²) in [4.78, 5) is 30.9. The van der Waals surface area contributed by atoms with E-state index < -0.39 is 51.7 Å². The van der Waals surface area contributed by atoms with Crippen molar-refractivity contribution >= 4 is 23.7 Å². The number of carboxylic acids is 1. The molecular formula is C25H38ClFN2O5. The summed E-state index contributed by atoms with van der Waals surface area (Å²) in [5, 5.41) is 31.0. The minimum Gasteiger partial charge on any atom is -0.481 e. The number of pyridine rings is 1. The van der Waals surface area contributed by atoms with E-state index in [1.807, 2.05) is 41.5 Å². The van der Waals surface area contributed by atoms with Crippen molar-refractivity contribution in [3.63, 3.8) is 0 Å². The molecule has 1 amide bonds. The van der Waals surface area contributed by atoms with Crippen LogP contribution in [0.25, 0.3) is 0 Å². The molecule has 0 aliphatic carbocycles. The smallest absolute Gasteiger partial charge is 0.407 e. The fourth-order valence-corrected chi connectivity index (χ4v) is 6.35. The van der Waals surface area contributed by atoms with Gasteiger partial charge < -0.3 is 20.2 Å². The van der Waals surface area contributed by atoms with Crippen LogP contribution in [0, 0.1) is 28.0 Å². The first-order valence-corrected chi connectivity index (χ1v) is 12.0. The van der Waals surface area contributed by atoms with Crippen LogP contribution < -0.4 is 0 Å². The number of likely N-dealkylation sites (tertiary alicyclic amines) is 1. The Kier molecular flexibility index (Phi) is 7.71. The number of carboxylic acid groups (broad SMARTS) is 2. The summed E-state index contributed by atoms with van der Waals surface area (Å²) in [6.07, 6.45) is -2.26. The minimum atomic E-state index is -1.53. The summed E-state index contributed by atoms with van der Waals surface area (Å²) in [6, 6.07) is 1.26. The number of aliphatic hydroxyl groups excluding tert-OH is 1. The quantitative estimate of drug-likeness (QED) is 0.442. The Morgan fingerprint density at radius 2 is 1.82 bits per heavy atom. The van der Waals surface area contributed by atoms with Crippen molar-refractivity contribution in [3.8, 4) is 0 Å². The van der Waals surface area contributed by atoms with Crippen LogP contribution in [0.5, 0.6) is 0 Å². The summed E-state index contributed by atoms with van der Waals surface area (Å²) >= 11 is 6.16. The molecule has 34 heavy (non-hydrogen) atoms. The van der Waals surface area contributed by atoms with Gasteiger partial charge in [-0.3, -0.25) is 4.79 Å². The second-order valence-corrected chi connectivity index (χ2v) is 12.1. The minimum absolute atomic E-state index is 0.0124. The topological polar surface area (TPSA) is 111 Å². The predicted octanol–water partition coefficient (Wildman–Crippen LogP) is 5.78. The van der Waals surface area contributed by atoms with Gasteiger partial charge >= 0.3 is 12.1 Å². The van der Waals surface area contributed by atoms with E-state index in [4.69, 9.17) is 11.6 Å². The van der Waals surface area contributed by atoms with Gasteiger partial charge in [-0.25, -0.2) is 14.2 Å². The average Bonchev–Trinajstić information content (AvgIpc) is 2.67. The van der Waals surface area contributed by atoms with Crippen LogP contribution in [-0.4, -0.2) is 49.3 Å². The number of rotatable bonds is 5. The lowest BCUT2D eigenvalue weighted by atomic mass is 9.47. The molecule has 2 unspecified atom stereocenters. The van der Waals surface area contributed by atoms with Crippen LogP contribution in [0.15, 0.2) is 6.07 Å². The molecule has 1 fully saturated rings. The highest BCUT2D eigenvalue weighted by molar-refractivity contribution is 6.29. The van der Waals surface area contributed by atoms with Gasteiger partial charge in [0.25, 0.3) is 0 Å². The highest BCUT2D eigenvalue weighted by Crippen LogP contribution is 2.60. The summed E-state index contributed by atoms with van der Waals surface area (Å²) in [6.45, 7) is 14.8. The number of aromatic nitrogens is 1. The highest BCUT2D eigenvalue weighted by Gasteiger charge is 2.66. The number of aliphatic carboxylic acids is 1. The normalized spacial score (nSPS) is 26.9. The van der Waals surface area contributed by atoms with Gasteiger partial charge in [-0.05, 0) is 36.7 Å². The maximum absolute atomic E-state index is 15.6. The molecule has 0 aromatic carbocycles. The van der Waals surface area contributed by atoms with Gasteiger partial charge in [-0.15, -0.1) is 0 Å². The van der Waals surface area contributed by atoms with E-state index in [0.29, 0.717) is 0 Å². The molecule has 1 aliphatic rings. The van der Waals surface area contributed by atoms with E-state index in [-0.39, 0.29) is 42.2 Å². The molecule has 4 atom stereocenters. The van der Waals surface area contributed by atoms with E-state index in [9.17, 15) is 24.9 Å². The third-order valence-corrected chi connectivity index (χ3v) is 7.94. The Balaban J connectivity index is 2.86. The number of piperidine rings is 1. The van der Waals surface area contributed by atoms with E-state index in [1.165, 1.54) is 11.0 Å². The Labute approximate surface area is 206 Å². The maximum Gasteiger partial charge on any atom is 0.407 e. The zero-order chi connectivity index (χ0) is 26.4. The first-order valence-electron chi connectivity index (χ1n) is 11.6. The molecule has 2 rings (SSSR count). The van der Waals surface area contributed by atoms with Gasteiger partial charge in [0.2, 0.25) is 0 Å². The van der Waals surface area contributed by atoms with Gasteiger partial charge in [-0.1, -0.05) is 60.1 Å². The average molecular weight is 501 g/mol. The zero-order valence-corrected chi connectivity index (χ0v) is 22.1. The first-order chi connectivity index (χ1) is 15.3. The Morgan fingerprint density at radius 3 is 2.24 bits per heavy atom. The molecule has 3 N–H and O–H groups in total. The van der Waals surface area contributed by atoms with Gasteiger partial charge in [0.05, 0.1) is 22.8 Å². The summed E-state index contributed by atoms with van der Waals surface area (Å²) in [5.74, 6) is -2.62. The van der Waals surface area contributed by atoms with E-state index >= 15 is 4.39 Å². The van der Waals surface area contributed by atoms with Gasteiger partial charge in [0, 0.05) is 24.4 Å². The SMILES string of the molecule is CCC(O)c1cc(Cl)nc(C[C@]2(C(=O)O)CCN(C(=O)O)[C@@](C)(C(C)(C)C)C2C(C)(C)C)c1F. The summed E-state index contributed by atoms with van der Waals surface area (Å²) in [7, 11) is 0. The van der Waals surface area contributed by atoms with E-state index in [2.05, 4.69) is 4.98 Å². The van der Waals surface area contributed by atoms with Crippen molar-refractivity contribution in [1.29, 1.82) is 0 Å². The van der Waals surface area contributed by atoms with Crippen LogP contribution in [0.4, 0.5) is 9.18 Å². The molecule has 1 aromatic heterocycles. The van der Waals surface area contributed by atoms with Gasteiger partial charge in [-0.2, -0.15) is 0 Å². The van der Waals surface area contributed by atoms with Crippen LogP contribution in [-0.2, 0) is 11.2 Å². The standard InChI is InChI=1S/C25H38ClFN2O5/c1-9-16(30)14-12-17(26)28-15(18(14)27)13-25(20(31)32)10-11-29(21(33)34)24(8,23(5,6)7)19(25)22(2,3)4/h12,16,19,30H,9-11,13H2,1-8H3,(H,31,32)(H,33,34)/t16?,19?,24-,25-/m1/s1. The monoisotopic (exact) mass is 500 g/mol. The number of halogens is 2.